The van der Waals surface area contributed by atoms with Crippen molar-refractivity contribution in [1.82, 2.24) is 4.90 Å². The number of rotatable bonds is 6. The summed E-state index contributed by atoms with van der Waals surface area (Å²) in [6, 6.07) is 0. The van der Waals surface area contributed by atoms with Gasteiger partial charge in [-0.2, -0.15) is 11.8 Å². The third kappa shape index (κ3) is 5.46. The zero-order valence-corrected chi connectivity index (χ0v) is 13.9. The Balaban J connectivity index is 1.59. The quantitative estimate of drug-likeness (QED) is 0.762. The molecule has 1 saturated heterocycles. The summed E-state index contributed by atoms with van der Waals surface area (Å²) >= 11 is 2.14. The minimum absolute atomic E-state index is 0.0692. The molecule has 0 spiro atoms. The lowest BCUT2D eigenvalue weighted by Crippen LogP contribution is -2.41. The summed E-state index contributed by atoms with van der Waals surface area (Å²) in [5.74, 6) is 0.801. The number of methoxy groups -OCH3 is 1. The van der Waals surface area contributed by atoms with Gasteiger partial charge in [-0.3, -0.25) is 0 Å². The van der Waals surface area contributed by atoms with Gasteiger partial charge < -0.3 is 14.7 Å². The van der Waals surface area contributed by atoms with Crippen molar-refractivity contribution in [2.24, 2.45) is 5.92 Å². The first-order valence-corrected chi connectivity index (χ1v) is 9.35. The highest BCUT2D eigenvalue weighted by Gasteiger charge is 2.30. The number of nitrogens with zero attached hydrogens (tertiary/aromatic N) is 1. The zero-order chi connectivity index (χ0) is 15.1. The second-order valence-corrected chi connectivity index (χ2v) is 7.69. The third-order valence-electron chi connectivity index (χ3n) is 4.83. The SMILES string of the molecule is COC(=O)[C@@H](O)C1CCN(CCSC2CCCCC2)CC1. The summed E-state index contributed by atoms with van der Waals surface area (Å²) < 4.78 is 4.62. The summed E-state index contributed by atoms with van der Waals surface area (Å²) in [6.45, 7) is 3.12. The van der Waals surface area contributed by atoms with Crippen LogP contribution in [-0.4, -0.2) is 59.8 Å². The minimum Gasteiger partial charge on any atom is -0.467 e. The molecule has 1 N–H and O–H groups in total. The third-order valence-corrected chi connectivity index (χ3v) is 6.20. The second kappa shape index (κ2) is 9.01. The summed E-state index contributed by atoms with van der Waals surface area (Å²) in [5, 5.41) is 10.8. The van der Waals surface area contributed by atoms with Gasteiger partial charge in [-0.1, -0.05) is 19.3 Å². The van der Waals surface area contributed by atoms with Crippen LogP contribution < -0.4 is 0 Å². The van der Waals surface area contributed by atoms with Crippen molar-refractivity contribution in [1.29, 1.82) is 0 Å². The Morgan fingerprint density at radius 1 is 1.24 bits per heavy atom. The van der Waals surface area contributed by atoms with E-state index in [0.29, 0.717) is 0 Å². The average Bonchev–Trinajstić information content (AvgIpc) is 2.55. The second-order valence-electron chi connectivity index (χ2n) is 6.28. The highest BCUT2D eigenvalue weighted by molar-refractivity contribution is 7.99. The predicted octanol–water partition coefficient (Wildman–Crippen LogP) is 2.30. The topological polar surface area (TPSA) is 49.8 Å². The summed E-state index contributed by atoms with van der Waals surface area (Å²) in [6.07, 6.45) is 7.90. The fraction of sp³-hybridized carbons (Fsp3) is 0.938. The Kier molecular flexibility index (Phi) is 7.34. The van der Waals surface area contributed by atoms with Crippen LogP contribution in [0.3, 0.4) is 0 Å². The standard InChI is InChI=1S/C16H29NO3S/c1-20-16(19)15(18)13-7-9-17(10-8-13)11-12-21-14-5-3-2-4-6-14/h13-15,18H,2-12H2,1H3/t15-/m0/s1. The molecule has 0 radical (unpaired) electrons. The Morgan fingerprint density at radius 3 is 2.52 bits per heavy atom. The number of piperidine rings is 1. The Morgan fingerprint density at radius 2 is 1.90 bits per heavy atom. The van der Waals surface area contributed by atoms with Crippen LogP contribution in [0.15, 0.2) is 0 Å². The molecule has 0 unspecified atom stereocenters. The Bertz CT molecular complexity index is 313. The van der Waals surface area contributed by atoms with Gasteiger partial charge in [0.25, 0.3) is 0 Å². The fourth-order valence-electron chi connectivity index (χ4n) is 3.39. The molecule has 0 aromatic carbocycles. The number of thioether (sulfide) groups is 1. The Hall–Kier alpha value is -0.260. The number of aliphatic hydroxyl groups excluding tert-OH is 1. The fourth-order valence-corrected chi connectivity index (χ4v) is 4.75. The number of aliphatic hydroxyl groups is 1. The van der Waals surface area contributed by atoms with Gasteiger partial charge in [-0.05, 0) is 44.7 Å². The maximum absolute atomic E-state index is 11.4. The molecule has 4 nitrogen and oxygen atoms in total. The minimum atomic E-state index is -0.936. The molecule has 122 valence electrons. The van der Waals surface area contributed by atoms with E-state index < -0.39 is 12.1 Å². The molecule has 1 aliphatic heterocycles. The van der Waals surface area contributed by atoms with Crippen LogP contribution in [0.2, 0.25) is 0 Å². The van der Waals surface area contributed by atoms with Crippen molar-refractivity contribution in [2.45, 2.75) is 56.3 Å². The molecule has 2 fully saturated rings. The van der Waals surface area contributed by atoms with Crippen LogP contribution >= 0.6 is 11.8 Å². The molecular formula is C16H29NO3S. The molecule has 0 aromatic heterocycles. The monoisotopic (exact) mass is 315 g/mol. The van der Waals surface area contributed by atoms with Crippen molar-refractivity contribution in [3.8, 4) is 0 Å². The maximum Gasteiger partial charge on any atom is 0.334 e. The lowest BCUT2D eigenvalue weighted by molar-refractivity contribution is -0.154. The van der Waals surface area contributed by atoms with Crippen LogP contribution in [-0.2, 0) is 9.53 Å². The first-order chi connectivity index (χ1) is 10.2. The smallest absolute Gasteiger partial charge is 0.334 e. The number of hydrogen-bond donors (Lipinski definition) is 1. The lowest BCUT2D eigenvalue weighted by atomic mass is 9.91. The van der Waals surface area contributed by atoms with Crippen LogP contribution in [0, 0.1) is 5.92 Å². The van der Waals surface area contributed by atoms with Gasteiger partial charge in [0, 0.05) is 17.5 Å². The maximum atomic E-state index is 11.4. The van der Waals surface area contributed by atoms with Crippen LogP contribution in [0.25, 0.3) is 0 Å². The molecule has 21 heavy (non-hydrogen) atoms. The van der Waals surface area contributed by atoms with Gasteiger partial charge in [0.05, 0.1) is 7.11 Å². The summed E-state index contributed by atoms with van der Waals surface area (Å²) in [7, 11) is 1.34. The highest BCUT2D eigenvalue weighted by Crippen LogP contribution is 2.28. The largest absolute Gasteiger partial charge is 0.467 e. The van der Waals surface area contributed by atoms with Crippen molar-refractivity contribution in [2.75, 3.05) is 32.5 Å². The van der Waals surface area contributed by atoms with Gasteiger partial charge >= 0.3 is 5.97 Å². The molecule has 5 heteroatoms. The van der Waals surface area contributed by atoms with Crippen LogP contribution in [0.1, 0.15) is 44.9 Å². The van der Waals surface area contributed by atoms with E-state index in [1.807, 2.05) is 0 Å². The molecule has 0 bridgehead atoms. The van der Waals surface area contributed by atoms with Crippen molar-refractivity contribution < 1.29 is 14.6 Å². The molecule has 1 aliphatic carbocycles. The van der Waals surface area contributed by atoms with Gasteiger partial charge in [-0.15, -0.1) is 0 Å². The van der Waals surface area contributed by atoms with Gasteiger partial charge in [0.1, 0.15) is 0 Å². The molecule has 2 rings (SSSR count). The van der Waals surface area contributed by atoms with Crippen molar-refractivity contribution in [3.05, 3.63) is 0 Å². The number of esters is 1. The van der Waals surface area contributed by atoms with E-state index >= 15 is 0 Å². The number of carbonyl (C=O) groups excluding carboxylic acids is 1. The molecule has 2 aliphatic rings. The zero-order valence-electron chi connectivity index (χ0n) is 13.1. The van der Waals surface area contributed by atoms with Gasteiger partial charge in [0.2, 0.25) is 0 Å². The van der Waals surface area contributed by atoms with E-state index in [4.69, 9.17) is 0 Å². The predicted molar refractivity (Wildman–Crippen MR) is 86.5 cm³/mol. The van der Waals surface area contributed by atoms with Crippen molar-refractivity contribution >= 4 is 17.7 Å². The number of likely N-dealkylation sites (tertiary alicyclic amines) is 1. The molecule has 0 aromatic rings. The highest BCUT2D eigenvalue weighted by atomic mass is 32.2. The summed E-state index contributed by atoms with van der Waals surface area (Å²) in [5.41, 5.74) is 0. The van der Waals surface area contributed by atoms with E-state index in [1.54, 1.807) is 0 Å². The van der Waals surface area contributed by atoms with Crippen molar-refractivity contribution in [3.63, 3.8) is 0 Å². The van der Waals surface area contributed by atoms with E-state index in [1.165, 1.54) is 45.0 Å². The van der Waals surface area contributed by atoms with Gasteiger partial charge in [-0.25, -0.2) is 4.79 Å². The number of carbonyl (C=O) groups is 1. The van der Waals surface area contributed by atoms with Crippen LogP contribution in [0.4, 0.5) is 0 Å². The van der Waals surface area contributed by atoms with E-state index in [9.17, 15) is 9.90 Å². The molecule has 1 saturated carbocycles. The summed E-state index contributed by atoms with van der Waals surface area (Å²) in [4.78, 5) is 13.8. The molecule has 0 amide bonds. The lowest BCUT2D eigenvalue weighted by Gasteiger charge is -2.33. The average molecular weight is 315 g/mol. The molecular weight excluding hydrogens is 286 g/mol. The van der Waals surface area contributed by atoms with E-state index in [0.717, 1.165) is 37.7 Å². The number of hydrogen-bond acceptors (Lipinski definition) is 5. The number of ether oxygens (including phenoxy) is 1. The normalized spacial score (nSPS) is 23.9. The van der Waals surface area contributed by atoms with E-state index in [-0.39, 0.29) is 5.92 Å². The molecule has 1 atom stereocenters. The Labute approximate surface area is 132 Å². The van der Waals surface area contributed by atoms with E-state index in [2.05, 4.69) is 21.4 Å². The first kappa shape index (κ1) is 17.1. The molecule has 1 heterocycles. The first-order valence-electron chi connectivity index (χ1n) is 8.30. The van der Waals surface area contributed by atoms with Crippen LogP contribution in [0.5, 0.6) is 0 Å². The van der Waals surface area contributed by atoms with Gasteiger partial charge in [0.15, 0.2) is 6.10 Å².